The average Bonchev–Trinajstić information content (AvgIpc) is 3.16. The van der Waals surface area contributed by atoms with Crippen LogP contribution in [0.4, 0.5) is 10.1 Å². The van der Waals surface area contributed by atoms with Crippen LogP contribution in [-0.2, 0) is 9.59 Å². The Morgan fingerprint density at radius 1 is 1.24 bits per heavy atom. The molecule has 2 unspecified atom stereocenters. The number of H-pyrrole nitrogens is 1. The smallest absolute Gasteiger partial charge is 0.550 e. The number of aromatic amines is 1. The van der Waals surface area contributed by atoms with E-state index in [0.29, 0.717) is 33.8 Å². The van der Waals surface area contributed by atoms with Gasteiger partial charge in [0.2, 0.25) is 0 Å². The molecule has 1 aromatic carbocycles. The van der Waals surface area contributed by atoms with Crippen molar-refractivity contribution in [1.82, 2.24) is 10.3 Å². The number of hydrogen-bond acceptors (Lipinski definition) is 6. The number of carboxylic acid groups (broad SMARTS) is 1. The number of amides is 2. The fourth-order valence-corrected chi connectivity index (χ4v) is 3.86. The first kappa shape index (κ1) is 27.7. The van der Waals surface area contributed by atoms with Crippen LogP contribution >= 0.6 is 0 Å². The number of aryl methyl sites for hydroxylation is 1. The van der Waals surface area contributed by atoms with Crippen molar-refractivity contribution in [1.29, 1.82) is 0 Å². The van der Waals surface area contributed by atoms with Crippen LogP contribution in [0, 0.1) is 19.7 Å². The topological polar surface area (TPSA) is 155 Å². The summed E-state index contributed by atoms with van der Waals surface area (Å²) < 4.78 is 13.7. The molecule has 3 rings (SSSR count). The summed E-state index contributed by atoms with van der Waals surface area (Å²) in [5, 5.41) is 35.3. The zero-order chi connectivity index (χ0) is 24.3. The Morgan fingerprint density at radius 3 is 2.62 bits per heavy atom. The van der Waals surface area contributed by atoms with Crippen LogP contribution in [0.2, 0.25) is 0 Å². The van der Waals surface area contributed by atoms with E-state index in [9.17, 15) is 34.1 Å². The molecule has 1 aromatic heterocycles. The van der Waals surface area contributed by atoms with Crippen molar-refractivity contribution in [2.45, 2.75) is 45.3 Å². The van der Waals surface area contributed by atoms with E-state index in [0.717, 1.165) is 0 Å². The van der Waals surface area contributed by atoms with Gasteiger partial charge in [0.15, 0.2) is 0 Å². The van der Waals surface area contributed by atoms with Crippen LogP contribution in [0.25, 0.3) is 11.6 Å². The molecule has 2 amide bonds. The number of aromatic nitrogens is 1. The summed E-state index contributed by atoms with van der Waals surface area (Å²) in [6.45, 7) is 3.53. The van der Waals surface area contributed by atoms with E-state index >= 15 is 0 Å². The molecular weight excluding hydrogens is 456 g/mol. The minimum absolute atomic E-state index is 0. The number of carbonyl (C=O) groups excluding carboxylic acids is 3. The number of carboxylic acids is 1. The van der Waals surface area contributed by atoms with Gasteiger partial charge in [-0.2, -0.15) is 0 Å². The van der Waals surface area contributed by atoms with E-state index in [1.807, 2.05) is 0 Å². The van der Waals surface area contributed by atoms with Gasteiger partial charge in [0, 0.05) is 41.6 Å². The Bertz CT molecular complexity index is 1130. The van der Waals surface area contributed by atoms with E-state index in [4.69, 9.17) is 0 Å². The minimum Gasteiger partial charge on any atom is -0.550 e. The Labute approximate surface area is 217 Å². The molecule has 2 atom stereocenters. The van der Waals surface area contributed by atoms with Crippen LogP contribution in [0.1, 0.15) is 52.1 Å². The van der Waals surface area contributed by atoms with E-state index in [-0.39, 0.29) is 60.4 Å². The van der Waals surface area contributed by atoms with Gasteiger partial charge >= 0.3 is 29.6 Å². The van der Waals surface area contributed by atoms with E-state index in [1.165, 1.54) is 18.2 Å². The molecule has 176 valence electrons. The molecule has 1 aliphatic heterocycles. The van der Waals surface area contributed by atoms with Crippen LogP contribution in [0.5, 0.6) is 0 Å². The Balaban J connectivity index is 0.00000408. The molecule has 0 aliphatic carbocycles. The van der Waals surface area contributed by atoms with E-state index in [1.54, 1.807) is 19.9 Å². The maximum atomic E-state index is 13.7. The number of nitrogens with one attached hydrogen (secondary N) is 3. The largest absolute Gasteiger partial charge is 1.00 e. The van der Waals surface area contributed by atoms with Gasteiger partial charge in [-0.1, -0.05) is 0 Å². The summed E-state index contributed by atoms with van der Waals surface area (Å²) in [6.07, 6.45) is -1.24. The molecule has 0 saturated heterocycles. The summed E-state index contributed by atoms with van der Waals surface area (Å²) in [4.78, 5) is 38.6. The monoisotopic (exact) mass is 481 g/mol. The van der Waals surface area contributed by atoms with Gasteiger partial charge in [0.05, 0.1) is 23.3 Å². The third kappa shape index (κ3) is 6.55. The first-order valence-corrected chi connectivity index (χ1v) is 10.4. The number of halogens is 1. The Kier molecular flexibility index (Phi) is 9.60. The molecule has 1 aliphatic rings. The molecule has 0 bridgehead atoms. The summed E-state index contributed by atoms with van der Waals surface area (Å²) in [7, 11) is 0. The van der Waals surface area contributed by atoms with Gasteiger partial charge in [0.25, 0.3) is 11.8 Å². The SMILES string of the molecule is Cc1[nH]c(/C=C2\C(=O)Nc3ccc(F)cc32)c(C)c1C(=O)NCCC(O)CC(O)CC(=O)[O-].[Na+]. The van der Waals surface area contributed by atoms with Crippen molar-refractivity contribution in [2.24, 2.45) is 0 Å². The first-order chi connectivity index (χ1) is 15.6. The quantitative estimate of drug-likeness (QED) is 0.199. The molecule has 5 N–H and O–H groups in total. The van der Waals surface area contributed by atoms with Crippen LogP contribution < -0.4 is 45.3 Å². The predicted molar refractivity (Wildman–Crippen MR) is 116 cm³/mol. The fourth-order valence-electron chi connectivity index (χ4n) is 3.86. The maximum Gasteiger partial charge on any atom is 1.00 e. The standard InChI is InChI=1S/C23H26FN3O6.Na/c1-11-19(10-17-16-7-13(24)3-4-18(16)27-22(17)32)26-12(2)21(11)23(33)25-6-5-14(28)8-15(29)9-20(30)31;/h3-4,7,10,14-15,26,28-29H,5-6,8-9H2,1-2H3,(H,25,33)(H,27,32)(H,30,31);/q;+1/p-1/b17-10-;. The number of rotatable bonds is 9. The third-order valence-corrected chi connectivity index (χ3v) is 5.47. The molecule has 9 nitrogen and oxygen atoms in total. The van der Waals surface area contributed by atoms with E-state index < -0.39 is 36.3 Å². The first-order valence-electron chi connectivity index (χ1n) is 10.4. The zero-order valence-electron chi connectivity index (χ0n) is 19.2. The number of fused-ring (bicyclic) bond motifs is 1. The molecule has 34 heavy (non-hydrogen) atoms. The number of anilines is 1. The van der Waals surface area contributed by atoms with Crippen molar-refractivity contribution in [3.8, 4) is 0 Å². The van der Waals surface area contributed by atoms with Crippen molar-refractivity contribution in [2.75, 3.05) is 11.9 Å². The number of aliphatic carboxylic acids is 1. The number of carbonyl (C=O) groups is 3. The second kappa shape index (κ2) is 11.8. The second-order valence-corrected chi connectivity index (χ2v) is 8.03. The average molecular weight is 481 g/mol. The van der Waals surface area contributed by atoms with Gasteiger partial charge < -0.3 is 35.7 Å². The normalized spacial score (nSPS) is 15.3. The Hall–Kier alpha value is -2.50. The fraction of sp³-hybridized carbons (Fsp3) is 0.348. The Morgan fingerprint density at radius 2 is 1.94 bits per heavy atom. The molecule has 11 heteroatoms. The van der Waals surface area contributed by atoms with Gasteiger partial charge in [-0.25, -0.2) is 4.39 Å². The number of aliphatic hydroxyl groups excluding tert-OH is 2. The molecule has 0 saturated carbocycles. The van der Waals surface area contributed by atoms with Crippen LogP contribution in [0.15, 0.2) is 18.2 Å². The number of aliphatic hydroxyl groups is 2. The summed E-state index contributed by atoms with van der Waals surface area (Å²) in [6, 6.07) is 4.02. The van der Waals surface area contributed by atoms with Crippen molar-refractivity contribution in [3.05, 3.63) is 52.1 Å². The summed E-state index contributed by atoms with van der Waals surface area (Å²) in [5.74, 6) is -2.64. The van der Waals surface area contributed by atoms with Crippen LogP contribution in [-0.4, -0.2) is 51.7 Å². The van der Waals surface area contributed by atoms with Gasteiger partial charge in [-0.3, -0.25) is 9.59 Å². The predicted octanol–water partition coefficient (Wildman–Crippen LogP) is -2.36. The van der Waals surface area contributed by atoms with Crippen molar-refractivity contribution >= 4 is 35.1 Å². The second-order valence-electron chi connectivity index (χ2n) is 8.03. The summed E-state index contributed by atoms with van der Waals surface area (Å²) >= 11 is 0. The van der Waals surface area contributed by atoms with Gasteiger partial charge in [-0.15, -0.1) is 0 Å². The zero-order valence-corrected chi connectivity index (χ0v) is 21.2. The van der Waals surface area contributed by atoms with Gasteiger partial charge in [-0.05, 0) is 56.5 Å². The molecule has 2 heterocycles. The van der Waals surface area contributed by atoms with Crippen LogP contribution in [0.3, 0.4) is 0 Å². The van der Waals surface area contributed by atoms with Gasteiger partial charge in [0.1, 0.15) is 5.82 Å². The number of benzene rings is 1. The van der Waals surface area contributed by atoms with E-state index in [2.05, 4.69) is 15.6 Å². The summed E-state index contributed by atoms with van der Waals surface area (Å²) in [5.41, 5.74) is 3.30. The molecule has 0 radical (unpaired) electrons. The van der Waals surface area contributed by atoms with Crippen molar-refractivity contribution in [3.63, 3.8) is 0 Å². The maximum absolute atomic E-state index is 13.7. The third-order valence-electron chi connectivity index (χ3n) is 5.47. The molecular formula is C23H25FN3NaO6. The van der Waals surface area contributed by atoms with Crippen molar-refractivity contribution < 1.29 is 63.7 Å². The molecule has 0 fully saturated rings. The number of hydrogen-bond donors (Lipinski definition) is 5. The molecule has 0 spiro atoms. The molecule has 2 aromatic rings. The minimum atomic E-state index is -1.41.